The quantitative estimate of drug-likeness (QED) is 0.510. The maximum Gasteiger partial charge on any atom is 0.238 e. The summed E-state index contributed by atoms with van der Waals surface area (Å²) in [6, 6.07) is 8.65. The topological polar surface area (TPSA) is 0 Å². The van der Waals surface area contributed by atoms with Gasteiger partial charge in [0, 0.05) is 12.8 Å². The second kappa shape index (κ2) is 8.47. The van der Waals surface area contributed by atoms with Gasteiger partial charge in [-0.1, -0.05) is 46.7 Å². The molecule has 0 amide bonds. The Bertz CT molecular complexity index is 294. The predicted molar refractivity (Wildman–Crippen MR) is 68.1 cm³/mol. The average molecular weight is 290 g/mol. The maximum atomic E-state index is 12.0. The first-order valence-corrected chi connectivity index (χ1v) is 8.13. The molecule has 0 aliphatic heterocycles. The summed E-state index contributed by atoms with van der Waals surface area (Å²) in [6.45, 7) is 0. The van der Waals surface area contributed by atoms with Crippen LogP contribution >= 0.6 is 0 Å². The van der Waals surface area contributed by atoms with E-state index in [0.717, 1.165) is 10.4 Å². The Morgan fingerprint density at radius 1 is 0.722 bits per heavy atom. The molecule has 0 N–H and O–H groups in total. The molecule has 0 unspecified atom stereocenters. The summed E-state index contributed by atoms with van der Waals surface area (Å²) < 4.78 is 47.8. The summed E-state index contributed by atoms with van der Waals surface area (Å²) in [6.07, 6.45) is -4.58. The van der Waals surface area contributed by atoms with E-state index in [4.69, 9.17) is 0 Å². The molecule has 1 aromatic carbocycles. The van der Waals surface area contributed by atoms with Crippen molar-refractivity contribution in [1.29, 1.82) is 0 Å². The van der Waals surface area contributed by atoms with Crippen LogP contribution in [0.1, 0.15) is 12.8 Å². The molecule has 6 heteroatoms. The molecule has 0 aliphatic carbocycles. The van der Waals surface area contributed by atoms with E-state index in [-0.39, 0.29) is 12.8 Å². The van der Waals surface area contributed by atoms with Crippen LogP contribution in [0.3, 0.4) is 0 Å². The van der Waals surface area contributed by atoms with Crippen LogP contribution in [0.5, 0.6) is 0 Å². The highest BCUT2D eigenvalue weighted by Crippen LogP contribution is 2.03. The van der Waals surface area contributed by atoms with Gasteiger partial charge in [0.15, 0.2) is 0 Å². The van der Waals surface area contributed by atoms with Crippen molar-refractivity contribution in [3.63, 3.8) is 0 Å². The van der Waals surface area contributed by atoms with Crippen molar-refractivity contribution in [2.24, 2.45) is 0 Å². The van der Waals surface area contributed by atoms with E-state index < -0.39 is 12.9 Å². The van der Waals surface area contributed by atoms with Crippen LogP contribution in [0.2, 0.25) is 12.1 Å². The third-order valence-corrected chi connectivity index (χ3v) is 4.83. The number of benzene rings is 1. The SMILES string of the molecule is FC(F)CC[Si]c1ccc([Si]CCC(F)F)cc1. The number of alkyl halides is 4. The summed E-state index contributed by atoms with van der Waals surface area (Å²) >= 11 is 0. The molecule has 0 nitrogen and oxygen atoms in total. The van der Waals surface area contributed by atoms with Gasteiger partial charge in [0.2, 0.25) is 12.9 Å². The lowest BCUT2D eigenvalue weighted by Gasteiger charge is -2.03. The lowest BCUT2D eigenvalue weighted by molar-refractivity contribution is 0.143. The zero-order valence-electron chi connectivity index (χ0n) is 9.80. The normalized spacial score (nSPS) is 11.4. The molecular formula is C12H14F4Si2. The Morgan fingerprint density at radius 3 is 1.33 bits per heavy atom. The molecule has 0 heterocycles. The molecule has 0 bridgehead atoms. The highest BCUT2D eigenvalue weighted by molar-refractivity contribution is 6.55. The van der Waals surface area contributed by atoms with Crippen molar-refractivity contribution in [3.05, 3.63) is 24.3 Å². The van der Waals surface area contributed by atoms with Crippen molar-refractivity contribution < 1.29 is 17.6 Å². The summed E-state index contributed by atoms with van der Waals surface area (Å²) in [5.41, 5.74) is 0. The molecule has 0 fully saturated rings. The molecule has 1 rings (SSSR count). The highest BCUT2D eigenvalue weighted by atomic mass is 28.2. The molecular weight excluding hydrogens is 276 g/mol. The molecule has 0 aromatic heterocycles. The van der Waals surface area contributed by atoms with Crippen LogP contribution in [0, 0.1) is 0 Å². The zero-order chi connectivity index (χ0) is 13.4. The van der Waals surface area contributed by atoms with Gasteiger partial charge in [-0.25, -0.2) is 17.6 Å². The van der Waals surface area contributed by atoms with Crippen LogP contribution < -0.4 is 10.4 Å². The fraction of sp³-hybridized carbons (Fsp3) is 0.500. The van der Waals surface area contributed by atoms with E-state index in [9.17, 15) is 17.6 Å². The third-order valence-electron chi connectivity index (χ3n) is 2.27. The first kappa shape index (κ1) is 15.4. The Hall–Kier alpha value is -0.626. The van der Waals surface area contributed by atoms with Gasteiger partial charge in [-0.3, -0.25) is 0 Å². The largest absolute Gasteiger partial charge is 0.238 e. The highest BCUT2D eigenvalue weighted by Gasteiger charge is 2.05. The van der Waals surface area contributed by atoms with Gasteiger partial charge in [0.1, 0.15) is 0 Å². The van der Waals surface area contributed by atoms with Gasteiger partial charge in [-0.05, 0) is 0 Å². The van der Waals surface area contributed by atoms with Crippen molar-refractivity contribution in [1.82, 2.24) is 0 Å². The van der Waals surface area contributed by atoms with Gasteiger partial charge < -0.3 is 0 Å². The van der Waals surface area contributed by atoms with E-state index in [1.54, 1.807) is 0 Å². The van der Waals surface area contributed by atoms with Crippen LogP contribution in [0.25, 0.3) is 0 Å². The molecule has 4 radical (unpaired) electrons. The molecule has 0 aliphatic rings. The van der Waals surface area contributed by atoms with Crippen molar-refractivity contribution in [2.75, 3.05) is 0 Å². The first-order valence-electron chi connectivity index (χ1n) is 5.72. The minimum atomic E-state index is -2.23. The van der Waals surface area contributed by atoms with Crippen LogP contribution in [-0.4, -0.2) is 31.9 Å². The number of hydrogen-bond acceptors (Lipinski definition) is 0. The minimum absolute atomic E-state index is 0.0592. The van der Waals surface area contributed by atoms with Gasteiger partial charge in [0.25, 0.3) is 0 Å². The molecule has 0 atom stereocenters. The molecule has 0 saturated carbocycles. The summed E-state index contributed by atoms with van der Waals surface area (Å²) in [4.78, 5) is 0. The monoisotopic (exact) mass is 290 g/mol. The summed E-state index contributed by atoms with van der Waals surface area (Å²) in [5.74, 6) is 0. The Balaban J connectivity index is 2.28. The van der Waals surface area contributed by atoms with Crippen molar-refractivity contribution in [3.8, 4) is 0 Å². The fourth-order valence-electron chi connectivity index (χ4n) is 1.36. The van der Waals surface area contributed by atoms with E-state index in [1.807, 2.05) is 24.3 Å². The van der Waals surface area contributed by atoms with Crippen molar-refractivity contribution >= 4 is 29.4 Å². The number of rotatable bonds is 8. The van der Waals surface area contributed by atoms with Crippen LogP contribution in [0.15, 0.2) is 24.3 Å². The van der Waals surface area contributed by atoms with Gasteiger partial charge in [0.05, 0.1) is 19.0 Å². The number of hydrogen-bond donors (Lipinski definition) is 0. The minimum Gasteiger partial charge on any atom is -0.211 e. The van der Waals surface area contributed by atoms with E-state index in [2.05, 4.69) is 0 Å². The van der Waals surface area contributed by atoms with E-state index in [1.165, 1.54) is 0 Å². The lowest BCUT2D eigenvalue weighted by Crippen LogP contribution is -2.20. The molecule has 1 aromatic rings. The average Bonchev–Trinajstić information content (AvgIpc) is 2.30. The number of halogens is 4. The Kier molecular flexibility index (Phi) is 7.26. The summed E-state index contributed by atoms with van der Waals surface area (Å²) in [5, 5.41) is 2.11. The van der Waals surface area contributed by atoms with Gasteiger partial charge >= 0.3 is 0 Å². The fourth-order valence-corrected chi connectivity index (χ4v) is 3.46. The molecule has 98 valence electrons. The second-order valence-corrected chi connectivity index (χ2v) is 6.65. The zero-order valence-corrected chi connectivity index (χ0v) is 11.8. The van der Waals surface area contributed by atoms with Crippen molar-refractivity contribution in [2.45, 2.75) is 37.8 Å². The molecule has 0 spiro atoms. The second-order valence-electron chi connectivity index (χ2n) is 3.79. The van der Waals surface area contributed by atoms with Crippen LogP contribution in [0.4, 0.5) is 17.6 Å². The van der Waals surface area contributed by atoms with Gasteiger partial charge in [-0.2, -0.15) is 0 Å². The van der Waals surface area contributed by atoms with Gasteiger partial charge in [-0.15, -0.1) is 0 Å². The Labute approximate surface area is 109 Å². The third kappa shape index (κ3) is 6.95. The Morgan fingerprint density at radius 2 is 1.06 bits per heavy atom. The molecule has 0 saturated heterocycles. The first-order chi connectivity index (χ1) is 8.58. The standard InChI is InChI=1S/C12H14F4Si2/c13-11(14)5-7-17-9-1-2-10(4-3-9)18-8-6-12(15)16/h1-4,11-12H,5-8H2. The lowest BCUT2D eigenvalue weighted by atomic mass is 10.4. The molecule has 18 heavy (non-hydrogen) atoms. The smallest absolute Gasteiger partial charge is 0.211 e. The predicted octanol–water partition coefficient (Wildman–Crippen LogP) is 2.49. The summed E-state index contributed by atoms with van der Waals surface area (Å²) in [7, 11) is 0.790. The maximum absolute atomic E-state index is 12.0. The van der Waals surface area contributed by atoms with E-state index in [0.29, 0.717) is 31.1 Å². The van der Waals surface area contributed by atoms with Crippen LogP contribution in [-0.2, 0) is 0 Å². The van der Waals surface area contributed by atoms with E-state index >= 15 is 0 Å².